The van der Waals surface area contributed by atoms with Gasteiger partial charge in [-0.3, -0.25) is 0 Å². The van der Waals surface area contributed by atoms with Gasteiger partial charge in [-0.2, -0.15) is 0 Å². The smallest absolute Gasteiger partial charge is 0.101 e. The molecular formula is C5H14BrNO. The van der Waals surface area contributed by atoms with Crippen molar-refractivity contribution in [2.24, 2.45) is 0 Å². The minimum absolute atomic E-state index is 0. The summed E-state index contributed by atoms with van der Waals surface area (Å²) in [4.78, 5) is 0. The van der Waals surface area contributed by atoms with E-state index < -0.39 is 0 Å². The number of hydrogen-bond acceptors (Lipinski definition) is 1. The number of rotatable bonds is 2. The van der Waals surface area contributed by atoms with E-state index in [1.165, 1.54) is 0 Å². The molecule has 0 unspecified atom stereocenters. The van der Waals surface area contributed by atoms with Gasteiger partial charge in [-0.15, -0.1) is 0 Å². The van der Waals surface area contributed by atoms with Crippen LogP contribution in [-0.4, -0.2) is 43.9 Å². The largest absolute Gasteiger partial charge is 1.00 e. The van der Waals surface area contributed by atoms with Gasteiger partial charge in [0.05, 0.1) is 27.7 Å². The van der Waals surface area contributed by atoms with Crippen LogP contribution in [0.3, 0.4) is 0 Å². The van der Waals surface area contributed by atoms with Crippen molar-refractivity contribution in [3.63, 3.8) is 0 Å². The Morgan fingerprint density at radius 2 is 1.62 bits per heavy atom. The lowest BCUT2D eigenvalue weighted by Gasteiger charge is -2.21. The second kappa shape index (κ2) is 4.30. The lowest BCUT2D eigenvalue weighted by Crippen LogP contribution is -3.00. The third-order valence-corrected chi connectivity index (χ3v) is 0.771. The van der Waals surface area contributed by atoms with E-state index in [1.54, 1.807) is 0 Å². The van der Waals surface area contributed by atoms with E-state index in [0.29, 0.717) is 0 Å². The van der Waals surface area contributed by atoms with E-state index in [0.717, 1.165) is 11.0 Å². The SMILES string of the molecule is C[N+](C)([13CH3])CCO.[Br-]. The summed E-state index contributed by atoms with van der Waals surface area (Å²) in [7, 11) is 6.16. The number of quaternary nitrogens is 1. The van der Waals surface area contributed by atoms with E-state index in [9.17, 15) is 0 Å². The molecule has 0 fully saturated rings. The van der Waals surface area contributed by atoms with Crippen molar-refractivity contribution < 1.29 is 26.6 Å². The van der Waals surface area contributed by atoms with Gasteiger partial charge in [0.2, 0.25) is 0 Å². The Bertz CT molecular complexity index is 50.9. The second-order valence-corrected chi connectivity index (χ2v) is 2.74. The average Bonchev–Trinajstić information content (AvgIpc) is 1.30. The van der Waals surface area contributed by atoms with Gasteiger partial charge in [0.15, 0.2) is 0 Å². The van der Waals surface area contributed by atoms with Crippen LogP contribution in [0.2, 0.25) is 0 Å². The van der Waals surface area contributed by atoms with Crippen LogP contribution in [0.5, 0.6) is 0 Å². The highest BCUT2D eigenvalue weighted by Crippen LogP contribution is 1.84. The maximum atomic E-state index is 8.39. The first-order chi connectivity index (χ1) is 3.06. The minimum Gasteiger partial charge on any atom is -1.00 e. The molecule has 0 rings (SSSR count). The molecule has 0 bridgehead atoms. The molecule has 0 aromatic rings. The van der Waals surface area contributed by atoms with Crippen molar-refractivity contribution >= 4 is 0 Å². The summed E-state index contributed by atoms with van der Waals surface area (Å²) in [6.45, 7) is 1.11. The van der Waals surface area contributed by atoms with E-state index in [2.05, 4.69) is 21.1 Å². The van der Waals surface area contributed by atoms with Crippen molar-refractivity contribution in [3.05, 3.63) is 0 Å². The zero-order chi connectivity index (χ0) is 5.91. The number of likely N-dealkylation sites (N-methyl/N-ethyl adjacent to an activating group) is 1. The van der Waals surface area contributed by atoms with Gasteiger partial charge in [0, 0.05) is 0 Å². The standard InChI is InChI=1S/C5H14NO.BrH/c1-6(2,3)4-5-7;/h7H,4-5H2,1-3H3;1H/q+1;/p-1/i1+1;. The third kappa shape index (κ3) is 9.64. The summed E-state index contributed by atoms with van der Waals surface area (Å²) >= 11 is 0. The van der Waals surface area contributed by atoms with Crippen LogP contribution in [0.4, 0.5) is 0 Å². The van der Waals surface area contributed by atoms with Gasteiger partial charge in [0.25, 0.3) is 0 Å². The molecule has 0 amide bonds. The molecule has 2 nitrogen and oxygen atoms in total. The fourth-order valence-electron chi connectivity index (χ4n) is 0.300. The number of aliphatic hydroxyl groups is 1. The molecular weight excluding hydrogens is 171 g/mol. The maximum Gasteiger partial charge on any atom is 0.101 e. The summed E-state index contributed by atoms with van der Waals surface area (Å²) in [5.41, 5.74) is 0. The molecule has 8 heavy (non-hydrogen) atoms. The molecule has 0 aromatic heterocycles. The molecule has 3 heteroatoms. The molecule has 52 valence electrons. The quantitative estimate of drug-likeness (QED) is 0.353. The van der Waals surface area contributed by atoms with Gasteiger partial charge in [0.1, 0.15) is 6.54 Å². The fourth-order valence-corrected chi connectivity index (χ4v) is 0.300. The molecule has 0 aliphatic rings. The lowest BCUT2D eigenvalue weighted by atomic mass is 10.6. The van der Waals surface area contributed by atoms with E-state index in [-0.39, 0.29) is 23.6 Å². The van der Waals surface area contributed by atoms with Crippen molar-refractivity contribution in [3.8, 4) is 0 Å². The van der Waals surface area contributed by atoms with Gasteiger partial charge in [-0.05, 0) is 0 Å². The minimum atomic E-state index is 0. The predicted octanol–water partition coefficient (Wildman–Crippen LogP) is -3.31. The lowest BCUT2D eigenvalue weighted by molar-refractivity contribution is -0.870. The van der Waals surface area contributed by atoms with Crippen LogP contribution >= 0.6 is 0 Å². The molecule has 0 saturated heterocycles. The first-order valence-electron chi connectivity index (χ1n) is 2.47. The van der Waals surface area contributed by atoms with E-state index in [1.807, 2.05) is 0 Å². The number of halogens is 1. The summed E-state index contributed by atoms with van der Waals surface area (Å²) in [6.07, 6.45) is 0. The Kier molecular flexibility index (Phi) is 6.03. The Morgan fingerprint density at radius 3 is 1.62 bits per heavy atom. The molecule has 0 radical (unpaired) electrons. The van der Waals surface area contributed by atoms with Crippen molar-refractivity contribution in [1.29, 1.82) is 0 Å². The maximum absolute atomic E-state index is 8.39. The topological polar surface area (TPSA) is 20.2 Å². The third-order valence-electron chi connectivity index (χ3n) is 0.771. The van der Waals surface area contributed by atoms with Gasteiger partial charge in [-0.1, -0.05) is 0 Å². The Labute approximate surface area is 61.5 Å². The molecule has 0 atom stereocenters. The van der Waals surface area contributed by atoms with Gasteiger partial charge >= 0.3 is 0 Å². The molecule has 0 saturated carbocycles. The summed E-state index contributed by atoms with van der Waals surface area (Å²) in [6, 6.07) is 0. The number of hydrogen-bond donors (Lipinski definition) is 1. The average molecular weight is 185 g/mol. The number of aliphatic hydroxyl groups excluding tert-OH is 1. The van der Waals surface area contributed by atoms with Crippen LogP contribution in [0.15, 0.2) is 0 Å². The van der Waals surface area contributed by atoms with Crippen LogP contribution in [0, 0.1) is 0 Å². The molecule has 0 aliphatic heterocycles. The molecule has 0 aliphatic carbocycles. The highest BCUT2D eigenvalue weighted by Gasteiger charge is 2.02. The highest BCUT2D eigenvalue weighted by molar-refractivity contribution is 4.19. The zero-order valence-corrected chi connectivity index (χ0v) is 7.27. The predicted molar refractivity (Wildman–Crippen MR) is 30.0 cm³/mol. The first kappa shape index (κ1) is 11.2. The van der Waals surface area contributed by atoms with Gasteiger partial charge < -0.3 is 26.6 Å². The normalized spacial score (nSPS) is 10.5. The summed E-state index contributed by atoms with van der Waals surface area (Å²) < 4.78 is 0.844. The van der Waals surface area contributed by atoms with Crippen LogP contribution in [-0.2, 0) is 0 Å². The molecule has 0 aromatic carbocycles. The molecule has 0 spiro atoms. The van der Waals surface area contributed by atoms with E-state index >= 15 is 0 Å². The highest BCUT2D eigenvalue weighted by atomic mass is 79.9. The van der Waals surface area contributed by atoms with Crippen LogP contribution < -0.4 is 17.0 Å². The van der Waals surface area contributed by atoms with E-state index in [4.69, 9.17) is 5.11 Å². The summed E-state index contributed by atoms with van der Waals surface area (Å²) in [5.74, 6) is 0. The number of nitrogens with zero attached hydrogens (tertiary/aromatic N) is 1. The van der Waals surface area contributed by atoms with Gasteiger partial charge in [-0.25, -0.2) is 0 Å². The Morgan fingerprint density at radius 1 is 1.25 bits per heavy atom. The van der Waals surface area contributed by atoms with Crippen molar-refractivity contribution in [2.75, 3.05) is 34.3 Å². The Hall–Kier alpha value is 0.400. The molecule has 1 N–H and O–H groups in total. The van der Waals surface area contributed by atoms with Crippen LogP contribution in [0.25, 0.3) is 0 Å². The Balaban J connectivity index is 0. The monoisotopic (exact) mass is 184 g/mol. The first-order valence-corrected chi connectivity index (χ1v) is 2.47. The van der Waals surface area contributed by atoms with Crippen molar-refractivity contribution in [2.45, 2.75) is 0 Å². The summed E-state index contributed by atoms with van der Waals surface area (Å²) in [5, 5.41) is 8.39. The zero-order valence-electron chi connectivity index (χ0n) is 5.69. The van der Waals surface area contributed by atoms with Crippen LogP contribution in [0.1, 0.15) is 0 Å². The molecule has 0 heterocycles. The van der Waals surface area contributed by atoms with Crippen molar-refractivity contribution in [1.82, 2.24) is 0 Å². The fraction of sp³-hybridized carbons (Fsp3) is 1.00. The second-order valence-electron chi connectivity index (χ2n) is 2.74.